The molecule has 1 amide bonds. The SMILES string of the molecule is CCOC(=O)Nc1ccc2c(COC(=O)/C(C#N)=C/c3ccco3)cc(=O)oc2c1. The molecule has 1 N–H and O–H groups in total. The zero-order chi connectivity index (χ0) is 21.5. The molecule has 2 heterocycles. The van der Waals surface area contributed by atoms with Gasteiger partial charge in [0.25, 0.3) is 0 Å². The second-order valence-corrected chi connectivity index (χ2v) is 5.91. The van der Waals surface area contributed by atoms with E-state index >= 15 is 0 Å². The highest BCUT2D eigenvalue weighted by atomic mass is 16.5. The van der Waals surface area contributed by atoms with Crippen molar-refractivity contribution in [2.45, 2.75) is 13.5 Å². The number of carbonyl (C=O) groups excluding carboxylic acids is 2. The smallest absolute Gasteiger partial charge is 0.411 e. The van der Waals surface area contributed by atoms with Gasteiger partial charge in [-0.05, 0) is 31.2 Å². The van der Waals surface area contributed by atoms with Crippen molar-refractivity contribution < 1.29 is 27.9 Å². The summed E-state index contributed by atoms with van der Waals surface area (Å²) in [5.41, 5.74) is 0.0278. The van der Waals surface area contributed by atoms with Gasteiger partial charge in [0.2, 0.25) is 0 Å². The Bertz CT molecular complexity index is 1200. The number of hydrogen-bond acceptors (Lipinski definition) is 8. The third kappa shape index (κ3) is 4.94. The molecule has 152 valence electrons. The maximum absolute atomic E-state index is 12.2. The number of nitriles is 1. The van der Waals surface area contributed by atoms with Crippen LogP contribution >= 0.6 is 0 Å². The molecule has 0 unspecified atom stereocenters. The highest BCUT2D eigenvalue weighted by Gasteiger charge is 2.14. The van der Waals surface area contributed by atoms with Gasteiger partial charge in [-0.3, -0.25) is 5.32 Å². The number of nitrogens with zero attached hydrogens (tertiary/aromatic N) is 1. The van der Waals surface area contributed by atoms with Crippen LogP contribution in [0.4, 0.5) is 10.5 Å². The van der Waals surface area contributed by atoms with E-state index in [1.165, 1.54) is 24.5 Å². The molecule has 0 aliphatic heterocycles. The largest absolute Gasteiger partial charge is 0.465 e. The maximum Gasteiger partial charge on any atom is 0.411 e. The molecule has 0 saturated carbocycles. The van der Waals surface area contributed by atoms with Gasteiger partial charge >= 0.3 is 17.7 Å². The molecule has 0 fully saturated rings. The van der Waals surface area contributed by atoms with E-state index in [0.29, 0.717) is 22.4 Å². The quantitative estimate of drug-likeness (QED) is 0.283. The first-order chi connectivity index (χ1) is 14.5. The molecule has 2 aromatic heterocycles. The molecule has 0 bridgehead atoms. The van der Waals surface area contributed by atoms with Gasteiger partial charge in [-0.25, -0.2) is 14.4 Å². The van der Waals surface area contributed by atoms with Crippen LogP contribution < -0.4 is 10.9 Å². The van der Waals surface area contributed by atoms with Gasteiger partial charge in [0.05, 0.1) is 12.9 Å². The van der Waals surface area contributed by atoms with Crippen LogP contribution in [0.1, 0.15) is 18.2 Å². The Balaban J connectivity index is 1.80. The number of nitrogens with one attached hydrogen (secondary N) is 1. The summed E-state index contributed by atoms with van der Waals surface area (Å²) in [5.74, 6) is -0.535. The lowest BCUT2D eigenvalue weighted by atomic mass is 10.1. The van der Waals surface area contributed by atoms with Crippen molar-refractivity contribution in [1.29, 1.82) is 5.26 Å². The summed E-state index contributed by atoms with van der Waals surface area (Å²) in [6.45, 7) is 1.62. The van der Waals surface area contributed by atoms with Gasteiger partial charge in [0, 0.05) is 34.8 Å². The van der Waals surface area contributed by atoms with Crippen molar-refractivity contribution in [3.8, 4) is 6.07 Å². The number of ether oxygens (including phenoxy) is 2. The number of benzene rings is 1. The monoisotopic (exact) mass is 408 g/mol. The van der Waals surface area contributed by atoms with E-state index in [1.54, 1.807) is 37.3 Å². The third-order valence-electron chi connectivity index (χ3n) is 3.88. The van der Waals surface area contributed by atoms with Gasteiger partial charge in [0.15, 0.2) is 0 Å². The molecule has 0 radical (unpaired) electrons. The van der Waals surface area contributed by atoms with Gasteiger partial charge in [-0.1, -0.05) is 0 Å². The average Bonchev–Trinajstić information content (AvgIpc) is 3.23. The summed E-state index contributed by atoms with van der Waals surface area (Å²) in [7, 11) is 0. The number of anilines is 1. The normalized spacial score (nSPS) is 11.0. The topological polar surface area (TPSA) is 132 Å². The molecule has 0 aliphatic carbocycles. The van der Waals surface area contributed by atoms with Gasteiger partial charge in [-0.2, -0.15) is 5.26 Å². The molecule has 3 aromatic rings. The molecular weight excluding hydrogens is 392 g/mol. The minimum Gasteiger partial charge on any atom is -0.465 e. The van der Waals surface area contributed by atoms with Gasteiger partial charge in [-0.15, -0.1) is 0 Å². The van der Waals surface area contributed by atoms with Crippen LogP contribution in [-0.4, -0.2) is 18.7 Å². The van der Waals surface area contributed by atoms with E-state index in [2.05, 4.69) is 5.32 Å². The molecule has 3 rings (SSSR count). The number of furan rings is 1. The highest BCUT2D eigenvalue weighted by Crippen LogP contribution is 2.22. The van der Waals surface area contributed by atoms with E-state index in [-0.39, 0.29) is 24.4 Å². The Morgan fingerprint density at radius 2 is 2.07 bits per heavy atom. The second-order valence-electron chi connectivity index (χ2n) is 5.91. The number of hydrogen-bond donors (Lipinski definition) is 1. The fourth-order valence-electron chi connectivity index (χ4n) is 2.59. The Kier molecular flexibility index (Phi) is 6.29. The standard InChI is InChI=1S/C21H16N2O7/c1-2-27-21(26)23-15-5-6-17-14(9-19(24)30-18(17)10-15)12-29-20(25)13(11-22)8-16-4-3-7-28-16/h3-10H,2,12H2,1H3,(H,23,26)/b13-8+. The zero-order valence-electron chi connectivity index (χ0n) is 15.8. The lowest BCUT2D eigenvalue weighted by Gasteiger charge is -2.09. The van der Waals surface area contributed by atoms with E-state index in [0.717, 1.165) is 0 Å². The molecule has 30 heavy (non-hydrogen) atoms. The van der Waals surface area contributed by atoms with Crippen LogP contribution in [0.15, 0.2) is 61.9 Å². The molecule has 0 atom stereocenters. The first-order valence-electron chi connectivity index (χ1n) is 8.83. The zero-order valence-corrected chi connectivity index (χ0v) is 15.8. The number of carbonyl (C=O) groups is 2. The Morgan fingerprint density at radius 3 is 2.77 bits per heavy atom. The lowest BCUT2D eigenvalue weighted by Crippen LogP contribution is -2.13. The van der Waals surface area contributed by atoms with E-state index in [9.17, 15) is 19.6 Å². The lowest BCUT2D eigenvalue weighted by molar-refractivity contribution is -0.139. The average molecular weight is 408 g/mol. The van der Waals surface area contributed by atoms with Crippen LogP contribution in [0.2, 0.25) is 0 Å². The number of fused-ring (bicyclic) bond motifs is 1. The van der Waals surface area contributed by atoms with E-state index < -0.39 is 17.7 Å². The third-order valence-corrected chi connectivity index (χ3v) is 3.88. The first kappa shape index (κ1) is 20.4. The highest BCUT2D eigenvalue weighted by molar-refractivity contribution is 5.97. The van der Waals surface area contributed by atoms with Gasteiger partial charge < -0.3 is 18.3 Å². The van der Waals surface area contributed by atoms with Crippen molar-refractivity contribution >= 4 is 34.8 Å². The minimum atomic E-state index is -0.865. The van der Waals surface area contributed by atoms with Crippen molar-refractivity contribution in [2.75, 3.05) is 11.9 Å². The molecule has 0 spiro atoms. The number of amides is 1. The summed E-state index contributed by atoms with van der Waals surface area (Å²) in [4.78, 5) is 35.6. The molecule has 0 aliphatic rings. The Morgan fingerprint density at radius 1 is 1.23 bits per heavy atom. The summed E-state index contributed by atoms with van der Waals surface area (Å²) >= 11 is 0. The van der Waals surface area contributed by atoms with Crippen molar-refractivity contribution in [3.63, 3.8) is 0 Å². The summed E-state index contributed by atoms with van der Waals surface area (Å²) in [6, 6.07) is 10.8. The summed E-state index contributed by atoms with van der Waals surface area (Å²) < 4.78 is 20.2. The Hall–Kier alpha value is -4.32. The summed E-state index contributed by atoms with van der Waals surface area (Å²) in [6.07, 6.45) is 2.02. The fourth-order valence-corrected chi connectivity index (χ4v) is 2.59. The van der Waals surface area contributed by atoms with E-state index in [1.807, 2.05) is 0 Å². The molecule has 1 aromatic carbocycles. The maximum atomic E-state index is 12.2. The summed E-state index contributed by atoms with van der Waals surface area (Å²) in [5, 5.41) is 12.2. The van der Waals surface area contributed by atoms with Gasteiger partial charge in [0.1, 0.15) is 29.6 Å². The van der Waals surface area contributed by atoms with Crippen LogP contribution in [0.3, 0.4) is 0 Å². The van der Waals surface area contributed by atoms with E-state index in [4.69, 9.17) is 18.3 Å². The number of esters is 1. The van der Waals surface area contributed by atoms with Crippen LogP contribution in [0.25, 0.3) is 17.0 Å². The Labute approximate surface area is 170 Å². The first-order valence-corrected chi connectivity index (χ1v) is 8.83. The number of rotatable bonds is 6. The minimum absolute atomic E-state index is 0.189. The van der Waals surface area contributed by atoms with Crippen molar-refractivity contribution in [1.82, 2.24) is 0 Å². The fraction of sp³-hybridized carbons (Fsp3) is 0.143. The second kappa shape index (κ2) is 9.25. The molecule has 9 heteroatoms. The van der Waals surface area contributed by atoms with Crippen molar-refractivity contribution in [3.05, 3.63) is 70.0 Å². The molecule has 0 saturated heterocycles. The predicted octanol–water partition coefficient (Wildman–Crippen LogP) is 3.60. The predicted molar refractivity (Wildman–Crippen MR) is 105 cm³/mol. The molecular formula is C21H16N2O7. The van der Waals surface area contributed by atoms with Crippen LogP contribution in [0.5, 0.6) is 0 Å². The van der Waals surface area contributed by atoms with Crippen molar-refractivity contribution in [2.24, 2.45) is 0 Å². The van der Waals surface area contributed by atoms with Crippen LogP contribution in [0, 0.1) is 11.3 Å². The van der Waals surface area contributed by atoms with Crippen LogP contribution in [-0.2, 0) is 20.9 Å². The molecule has 9 nitrogen and oxygen atoms in total.